The van der Waals surface area contributed by atoms with E-state index in [-0.39, 0.29) is 26.7 Å². The number of hydrogen-bond acceptors (Lipinski definition) is 3. The van der Waals surface area contributed by atoms with Crippen LogP contribution in [0.3, 0.4) is 0 Å². The molecule has 0 saturated heterocycles. The number of rotatable bonds is 8. The maximum Gasteiger partial charge on any atom is 0.402 e. The summed E-state index contributed by atoms with van der Waals surface area (Å²) in [6, 6.07) is 3.25. The van der Waals surface area contributed by atoms with Gasteiger partial charge in [0.15, 0.2) is 9.84 Å². The number of allylic oxidation sites excluding steroid dienone is 1. The minimum absolute atomic E-state index is 0.185. The number of benzene rings is 2. The van der Waals surface area contributed by atoms with Gasteiger partial charge in [0.05, 0.1) is 31.4 Å². The van der Waals surface area contributed by atoms with Crippen molar-refractivity contribution in [2.45, 2.75) is 31.2 Å². The van der Waals surface area contributed by atoms with Crippen LogP contribution in [-0.2, 0) is 9.84 Å². The van der Waals surface area contributed by atoms with Crippen LogP contribution in [0.1, 0.15) is 34.3 Å². The minimum atomic E-state index is -4.97. The summed E-state index contributed by atoms with van der Waals surface area (Å²) in [5.74, 6) is -7.96. The van der Waals surface area contributed by atoms with Gasteiger partial charge in [-0.2, -0.15) is 26.3 Å². The molecule has 0 saturated carbocycles. The highest BCUT2D eigenvalue weighted by Crippen LogP contribution is 2.42. The molecule has 0 aliphatic heterocycles. The molecule has 0 bridgehead atoms. The van der Waals surface area contributed by atoms with Crippen LogP contribution in [0.2, 0.25) is 20.1 Å². The first-order valence-corrected chi connectivity index (χ1v) is 13.5. The molecule has 1 N–H and O–H groups in total. The third-order valence-corrected chi connectivity index (χ3v) is 8.07. The first-order valence-electron chi connectivity index (χ1n) is 10.2. The van der Waals surface area contributed by atoms with E-state index >= 15 is 0 Å². The Morgan fingerprint density at radius 2 is 1.53 bits per heavy atom. The van der Waals surface area contributed by atoms with Crippen LogP contribution in [0.4, 0.5) is 30.7 Å². The van der Waals surface area contributed by atoms with Gasteiger partial charge in [-0.3, -0.25) is 4.79 Å². The Morgan fingerprint density at radius 3 is 2.00 bits per heavy atom. The Balaban J connectivity index is 2.28. The number of hydrogen-bond donors (Lipinski definition) is 1. The summed E-state index contributed by atoms with van der Waals surface area (Å²) >= 11 is 23.3. The molecule has 0 aromatic heterocycles. The smallest absolute Gasteiger partial charge is 0.349 e. The lowest BCUT2D eigenvalue weighted by Gasteiger charge is -2.19. The fourth-order valence-electron chi connectivity index (χ4n) is 3.26. The van der Waals surface area contributed by atoms with Crippen LogP contribution in [0.15, 0.2) is 36.4 Å². The lowest BCUT2D eigenvalue weighted by atomic mass is 9.96. The second kappa shape index (κ2) is 12.2. The van der Waals surface area contributed by atoms with Crippen molar-refractivity contribution in [1.82, 2.24) is 5.32 Å². The fraction of sp³-hybridized carbons (Fsp3) is 0.318. The molecule has 38 heavy (non-hydrogen) atoms. The lowest BCUT2D eigenvalue weighted by Crippen LogP contribution is -2.39. The van der Waals surface area contributed by atoms with Gasteiger partial charge < -0.3 is 5.32 Å². The molecule has 2 unspecified atom stereocenters. The van der Waals surface area contributed by atoms with Crippen LogP contribution in [0, 0.1) is 0 Å². The first kappa shape index (κ1) is 32.5. The highest BCUT2D eigenvalue weighted by atomic mass is 35.5. The number of nitrogens with one attached hydrogen (secondary N) is 1. The number of carbonyl (C=O) groups excluding carboxylic acids is 1. The van der Waals surface area contributed by atoms with Gasteiger partial charge in [-0.25, -0.2) is 12.8 Å². The van der Waals surface area contributed by atoms with Gasteiger partial charge in [0, 0.05) is 11.6 Å². The summed E-state index contributed by atoms with van der Waals surface area (Å²) in [7, 11) is -4.59. The van der Waals surface area contributed by atoms with E-state index in [1.165, 1.54) is 0 Å². The number of carbonyl (C=O) groups is 1. The van der Waals surface area contributed by atoms with Crippen LogP contribution >= 0.6 is 46.4 Å². The van der Waals surface area contributed by atoms with Crippen molar-refractivity contribution in [3.8, 4) is 0 Å². The Labute approximate surface area is 232 Å². The third kappa shape index (κ3) is 9.18. The van der Waals surface area contributed by atoms with Crippen molar-refractivity contribution in [1.29, 1.82) is 0 Å². The average molecular weight is 649 g/mol. The normalized spacial score (nSPS) is 14.8. The van der Waals surface area contributed by atoms with E-state index < -0.39 is 73.5 Å². The molecule has 2 rings (SSSR count). The summed E-state index contributed by atoms with van der Waals surface area (Å²) < 4.78 is 116. The van der Waals surface area contributed by atoms with Gasteiger partial charge >= 0.3 is 12.4 Å². The maximum absolute atomic E-state index is 14.9. The molecule has 2 atom stereocenters. The molecule has 2 aromatic rings. The summed E-state index contributed by atoms with van der Waals surface area (Å²) in [5, 5.41) is 0.985. The molecular formula is C22H16Cl4F7NO3S. The number of alkyl halides is 6. The zero-order chi connectivity index (χ0) is 29.2. The van der Waals surface area contributed by atoms with Gasteiger partial charge in [0.2, 0.25) is 0 Å². The Hall–Kier alpha value is -1.73. The molecule has 0 aliphatic rings. The highest BCUT2D eigenvalue weighted by molar-refractivity contribution is 7.91. The first-order chi connectivity index (χ1) is 17.2. The van der Waals surface area contributed by atoms with E-state index in [0.29, 0.717) is 0 Å². The summed E-state index contributed by atoms with van der Waals surface area (Å²) in [4.78, 5) is 12.4. The van der Waals surface area contributed by atoms with E-state index in [1.54, 1.807) is 0 Å². The SMILES string of the molecule is CC(CS(=O)(=O)CC(F)(F)F)NC(=O)c1ccc(/C(F)=C/C(c2cc(Cl)c(Cl)c(Cl)c2)C(F)(F)F)cc1Cl. The molecule has 4 nitrogen and oxygen atoms in total. The molecule has 210 valence electrons. The van der Waals surface area contributed by atoms with Crippen LogP contribution in [-0.4, -0.2) is 44.2 Å². The van der Waals surface area contributed by atoms with Gasteiger partial charge in [-0.1, -0.05) is 52.5 Å². The Kier molecular flexibility index (Phi) is 10.4. The predicted octanol–water partition coefficient (Wildman–Crippen LogP) is 8.05. The Morgan fingerprint density at radius 1 is 0.974 bits per heavy atom. The van der Waals surface area contributed by atoms with Crippen LogP contribution < -0.4 is 5.32 Å². The van der Waals surface area contributed by atoms with E-state index in [4.69, 9.17) is 46.4 Å². The molecule has 0 aliphatic carbocycles. The topological polar surface area (TPSA) is 63.2 Å². The van der Waals surface area contributed by atoms with Gasteiger partial charge in [-0.05, 0) is 42.8 Å². The molecule has 0 fully saturated rings. The van der Waals surface area contributed by atoms with Crippen molar-refractivity contribution >= 4 is 68.0 Å². The molecule has 0 radical (unpaired) electrons. The highest BCUT2D eigenvalue weighted by Gasteiger charge is 2.40. The van der Waals surface area contributed by atoms with Gasteiger partial charge in [0.25, 0.3) is 5.91 Å². The van der Waals surface area contributed by atoms with Crippen molar-refractivity contribution in [3.05, 3.63) is 73.2 Å². The standard InChI is InChI=1S/C22H16Cl4F7NO3S/c1-10(8-38(36,37)9-21(28,29)30)34-20(35)13-3-2-11(4-15(13)23)18(27)7-14(22(31,32)33)12-5-16(24)19(26)17(25)6-12/h2-7,10,14H,8-9H2,1H3,(H,34,35)/b18-7-. The molecule has 1 amide bonds. The summed E-state index contributed by atoms with van der Waals surface area (Å²) in [6.07, 6.45) is -9.69. The van der Waals surface area contributed by atoms with E-state index in [9.17, 15) is 43.9 Å². The van der Waals surface area contributed by atoms with Crippen molar-refractivity contribution < 1.29 is 43.9 Å². The van der Waals surface area contributed by atoms with E-state index in [0.717, 1.165) is 37.3 Å². The van der Waals surface area contributed by atoms with Gasteiger partial charge in [-0.15, -0.1) is 0 Å². The largest absolute Gasteiger partial charge is 0.402 e. The lowest BCUT2D eigenvalue weighted by molar-refractivity contribution is -0.139. The quantitative estimate of drug-likeness (QED) is 0.233. The fourth-order valence-corrected chi connectivity index (χ4v) is 5.60. The third-order valence-electron chi connectivity index (χ3n) is 4.79. The maximum atomic E-state index is 14.9. The number of amides is 1. The van der Waals surface area contributed by atoms with Crippen molar-refractivity contribution in [3.63, 3.8) is 0 Å². The second-order valence-corrected chi connectivity index (χ2v) is 11.8. The second-order valence-electron chi connectivity index (χ2n) is 8.07. The van der Waals surface area contributed by atoms with Crippen LogP contribution in [0.5, 0.6) is 0 Å². The van der Waals surface area contributed by atoms with Crippen LogP contribution in [0.25, 0.3) is 5.83 Å². The molecular weight excluding hydrogens is 633 g/mol. The molecule has 0 heterocycles. The average Bonchev–Trinajstić information content (AvgIpc) is 2.71. The minimum Gasteiger partial charge on any atom is -0.349 e. The van der Waals surface area contributed by atoms with Crippen molar-refractivity contribution in [2.24, 2.45) is 0 Å². The van der Waals surface area contributed by atoms with E-state index in [1.807, 2.05) is 0 Å². The zero-order valence-corrected chi connectivity index (χ0v) is 22.7. The van der Waals surface area contributed by atoms with E-state index in [2.05, 4.69) is 5.32 Å². The molecule has 0 spiro atoms. The molecule has 2 aromatic carbocycles. The van der Waals surface area contributed by atoms with Gasteiger partial charge in [0.1, 0.15) is 17.5 Å². The monoisotopic (exact) mass is 647 g/mol. The van der Waals surface area contributed by atoms with Crippen molar-refractivity contribution in [2.75, 3.05) is 11.5 Å². The zero-order valence-electron chi connectivity index (χ0n) is 18.8. The summed E-state index contributed by atoms with van der Waals surface area (Å²) in [5.41, 5.74) is -1.26. The Bertz CT molecular complexity index is 1320. The predicted molar refractivity (Wildman–Crippen MR) is 132 cm³/mol. The summed E-state index contributed by atoms with van der Waals surface area (Å²) in [6.45, 7) is 1.14. The molecule has 16 heteroatoms. The number of halogens is 11. The number of sulfone groups is 1.